The number of benzene rings is 1. The maximum atomic E-state index is 11.1. The van der Waals surface area contributed by atoms with Crippen molar-refractivity contribution in [2.24, 2.45) is 16.8 Å². The molecular weight excluding hydrogens is 256 g/mol. The van der Waals surface area contributed by atoms with Gasteiger partial charge in [-0.25, -0.2) is 4.79 Å². The van der Waals surface area contributed by atoms with Gasteiger partial charge in [-0.3, -0.25) is 4.84 Å². The van der Waals surface area contributed by atoms with Crippen LogP contribution in [0.2, 0.25) is 0 Å². The van der Waals surface area contributed by atoms with Crippen molar-refractivity contribution in [1.82, 2.24) is 0 Å². The van der Waals surface area contributed by atoms with E-state index < -0.39 is 6.16 Å². The first-order chi connectivity index (χ1) is 9.49. The molecule has 0 saturated carbocycles. The summed E-state index contributed by atoms with van der Waals surface area (Å²) in [5.74, 6) is 0.382. The quantitative estimate of drug-likeness (QED) is 0.301. The van der Waals surface area contributed by atoms with Gasteiger partial charge in [0.2, 0.25) is 0 Å². The van der Waals surface area contributed by atoms with Gasteiger partial charge in [0.1, 0.15) is 0 Å². The predicted octanol–water partition coefficient (Wildman–Crippen LogP) is 3.45. The molecule has 0 amide bonds. The molecule has 5 nitrogen and oxygen atoms in total. The van der Waals surface area contributed by atoms with E-state index in [9.17, 15) is 4.79 Å². The van der Waals surface area contributed by atoms with Gasteiger partial charge in [0.15, 0.2) is 5.84 Å². The molecule has 1 rings (SSSR count). The van der Waals surface area contributed by atoms with Crippen LogP contribution >= 0.6 is 0 Å². The molecule has 0 aliphatic rings. The van der Waals surface area contributed by atoms with E-state index in [2.05, 4.69) is 9.99 Å². The first-order valence-electron chi connectivity index (χ1n) is 6.73. The molecule has 0 spiro atoms. The number of hydrogen-bond donors (Lipinski definition) is 1. The van der Waals surface area contributed by atoms with Gasteiger partial charge in [-0.1, -0.05) is 62.7 Å². The highest BCUT2D eigenvalue weighted by atomic mass is 16.8. The summed E-state index contributed by atoms with van der Waals surface area (Å²) >= 11 is 0. The van der Waals surface area contributed by atoms with Crippen LogP contribution in [0.3, 0.4) is 0 Å². The molecule has 0 aliphatic carbocycles. The van der Waals surface area contributed by atoms with Crippen LogP contribution in [0.5, 0.6) is 0 Å². The molecule has 112 valence electrons. The number of amidine groups is 1. The fourth-order valence-corrected chi connectivity index (χ4v) is 1.12. The highest BCUT2D eigenvalue weighted by Crippen LogP contribution is 2.03. The fraction of sp³-hybridized carbons (Fsp3) is 0.467. The third-order valence-electron chi connectivity index (χ3n) is 2.10. The molecule has 2 N–H and O–H groups in total. The molecule has 0 radical (unpaired) electrons. The van der Waals surface area contributed by atoms with Gasteiger partial charge in [-0.2, -0.15) is 0 Å². The van der Waals surface area contributed by atoms with E-state index >= 15 is 0 Å². The number of ether oxygens (including phenoxy) is 1. The fourth-order valence-electron chi connectivity index (χ4n) is 1.12. The van der Waals surface area contributed by atoms with E-state index in [4.69, 9.17) is 10.5 Å². The Morgan fingerprint density at radius 1 is 1.25 bits per heavy atom. The van der Waals surface area contributed by atoms with Crippen molar-refractivity contribution in [2.45, 2.75) is 34.6 Å². The SMILES string of the molecule is CC.Cc1ccc(/C(N)=N/OC(=O)OCC(C)C)cc1. The van der Waals surface area contributed by atoms with Crippen molar-refractivity contribution in [3.05, 3.63) is 35.4 Å². The van der Waals surface area contributed by atoms with Gasteiger partial charge in [0, 0.05) is 5.56 Å². The van der Waals surface area contributed by atoms with Crippen LogP contribution in [0.1, 0.15) is 38.8 Å². The second-order valence-electron chi connectivity index (χ2n) is 4.39. The van der Waals surface area contributed by atoms with Crippen molar-refractivity contribution < 1.29 is 14.4 Å². The van der Waals surface area contributed by atoms with Crippen LogP contribution < -0.4 is 5.73 Å². The Kier molecular flexibility index (Phi) is 8.83. The molecule has 0 atom stereocenters. The minimum Gasteiger partial charge on any atom is -0.432 e. The van der Waals surface area contributed by atoms with Crippen LogP contribution in [0.15, 0.2) is 29.4 Å². The maximum Gasteiger partial charge on any atom is 0.535 e. The monoisotopic (exact) mass is 280 g/mol. The standard InChI is InChI=1S/C13H18N2O3.C2H6/c1-9(2)8-17-13(16)18-15-12(14)11-6-4-10(3)5-7-11;1-2/h4-7,9H,8H2,1-3H3,(H2,14,15);1-2H3. The van der Waals surface area contributed by atoms with Gasteiger partial charge in [0.25, 0.3) is 0 Å². The van der Waals surface area contributed by atoms with Crippen molar-refractivity contribution >= 4 is 12.0 Å². The lowest BCUT2D eigenvalue weighted by Gasteiger charge is -2.05. The minimum absolute atomic E-state index is 0.136. The van der Waals surface area contributed by atoms with Crippen LogP contribution in [0, 0.1) is 12.8 Å². The molecule has 0 fully saturated rings. The zero-order chi connectivity index (χ0) is 15.5. The molecule has 0 saturated heterocycles. The lowest BCUT2D eigenvalue weighted by atomic mass is 10.1. The number of carbonyl (C=O) groups excluding carboxylic acids is 1. The summed E-state index contributed by atoms with van der Waals surface area (Å²) < 4.78 is 4.79. The average Bonchev–Trinajstić information content (AvgIpc) is 2.45. The van der Waals surface area contributed by atoms with Gasteiger partial charge >= 0.3 is 6.16 Å². The molecule has 1 aromatic carbocycles. The van der Waals surface area contributed by atoms with Crippen LogP contribution in [0.25, 0.3) is 0 Å². The Labute approximate surface area is 120 Å². The number of hydrogen-bond acceptors (Lipinski definition) is 4. The Morgan fingerprint density at radius 2 is 1.80 bits per heavy atom. The summed E-state index contributed by atoms with van der Waals surface area (Å²) in [6.07, 6.45) is -0.848. The van der Waals surface area contributed by atoms with Crippen LogP contribution in [0.4, 0.5) is 4.79 Å². The first kappa shape index (κ1) is 18.0. The van der Waals surface area contributed by atoms with Crippen molar-refractivity contribution in [1.29, 1.82) is 0 Å². The minimum atomic E-state index is -0.848. The van der Waals surface area contributed by atoms with Gasteiger partial charge in [-0.15, -0.1) is 0 Å². The smallest absolute Gasteiger partial charge is 0.432 e. The Balaban J connectivity index is 0.00000172. The zero-order valence-electron chi connectivity index (χ0n) is 12.8. The Hall–Kier alpha value is -2.04. The molecule has 1 aromatic rings. The molecule has 20 heavy (non-hydrogen) atoms. The number of oxime groups is 1. The van der Waals surface area contributed by atoms with Gasteiger partial charge in [0.05, 0.1) is 6.61 Å². The first-order valence-corrected chi connectivity index (χ1v) is 6.73. The second kappa shape index (κ2) is 9.83. The van der Waals surface area contributed by atoms with Gasteiger partial charge in [-0.05, 0) is 12.8 Å². The topological polar surface area (TPSA) is 73.9 Å². The average molecular weight is 280 g/mol. The second-order valence-corrected chi connectivity index (χ2v) is 4.39. The van der Waals surface area contributed by atoms with Crippen molar-refractivity contribution in [3.63, 3.8) is 0 Å². The molecule has 0 bridgehead atoms. The van der Waals surface area contributed by atoms with E-state index in [1.807, 2.05) is 46.8 Å². The summed E-state index contributed by atoms with van der Waals surface area (Å²) in [5, 5.41) is 3.52. The molecular formula is C15H24N2O3. The predicted molar refractivity (Wildman–Crippen MR) is 80.5 cm³/mol. The van der Waals surface area contributed by atoms with E-state index in [0.29, 0.717) is 12.2 Å². The molecule has 0 heterocycles. The lowest BCUT2D eigenvalue weighted by molar-refractivity contribution is 0.0494. The molecule has 0 aromatic heterocycles. The largest absolute Gasteiger partial charge is 0.535 e. The Bertz CT molecular complexity index is 425. The van der Waals surface area contributed by atoms with Crippen LogP contribution in [-0.4, -0.2) is 18.6 Å². The third-order valence-corrected chi connectivity index (χ3v) is 2.10. The molecule has 0 unspecified atom stereocenters. The molecule has 0 aliphatic heterocycles. The number of nitrogens with zero attached hydrogens (tertiary/aromatic N) is 1. The number of nitrogens with two attached hydrogens (primary N) is 1. The number of carbonyl (C=O) groups is 1. The molecule has 5 heteroatoms. The zero-order valence-corrected chi connectivity index (χ0v) is 12.8. The van der Waals surface area contributed by atoms with E-state index in [1.165, 1.54) is 0 Å². The number of rotatable bonds is 4. The maximum absolute atomic E-state index is 11.1. The normalized spacial score (nSPS) is 10.6. The summed E-state index contributed by atoms with van der Waals surface area (Å²) in [4.78, 5) is 15.7. The summed E-state index contributed by atoms with van der Waals surface area (Å²) in [7, 11) is 0. The number of aryl methyl sites for hydroxylation is 1. The summed E-state index contributed by atoms with van der Waals surface area (Å²) in [5.41, 5.74) is 7.47. The van der Waals surface area contributed by atoms with E-state index in [1.54, 1.807) is 12.1 Å². The van der Waals surface area contributed by atoms with Crippen molar-refractivity contribution in [2.75, 3.05) is 6.61 Å². The summed E-state index contributed by atoms with van der Waals surface area (Å²) in [6.45, 7) is 10.1. The van der Waals surface area contributed by atoms with Crippen LogP contribution in [-0.2, 0) is 9.57 Å². The van der Waals surface area contributed by atoms with Crippen molar-refractivity contribution in [3.8, 4) is 0 Å². The highest BCUT2D eigenvalue weighted by Gasteiger charge is 2.06. The van der Waals surface area contributed by atoms with Gasteiger partial charge < -0.3 is 10.5 Å². The van der Waals surface area contributed by atoms with E-state index in [0.717, 1.165) is 5.56 Å². The highest BCUT2D eigenvalue weighted by molar-refractivity contribution is 5.97. The summed E-state index contributed by atoms with van der Waals surface area (Å²) in [6, 6.07) is 7.40. The lowest BCUT2D eigenvalue weighted by Crippen LogP contribution is -2.16. The Morgan fingerprint density at radius 3 is 2.30 bits per heavy atom. The third kappa shape index (κ3) is 7.41. The van der Waals surface area contributed by atoms with E-state index in [-0.39, 0.29) is 11.8 Å².